The van der Waals surface area contributed by atoms with Gasteiger partial charge in [0.2, 0.25) is 0 Å². The first kappa shape index (κ1) is 14.5. The van der Waals surface area contributed by atoms with Crippen LogP contribution < -0.4 is 5.73 Å². The van der Waals surface area contributed by atoms with Gasteiger partial charge in [-0.2, -0.15) is 0 Å². The molecule has 1 aromatic rings. The van der Waals surface area contributed by atoms with Crippen molar-refractivity contribution in [3.8, 4) is 0 Å². The fourth-order valence-corrected chi connectivity index (χ4v) is 3.10. The van der Waals surface area contributed by atoms with E-state index < -0.39 is 0 Å². The Bertz CT molecular complexity index is 371. The van der Waals surface area contributed by atoms with Gasteiger partial charge in [-0.3, -0.25) is 4.90 Å². The minimum atomic E-state index is 0.519. The highest BCUT2D eigenvalue weighted by molar-refractivity contribution is 5.25. The molecule has 106 valence electrons. The zero-order valence-electron chi connectivity index (χ0n) is 12.4. The van der Waals surface area contributed by atoms with Gasteiger partial charge in [0, 0.05) is 12.6 Å². The summed E-state index contributed by atoms with van der Waals surface area (Å²) in [5, 5.41) is 0. The molecule has 1 aliphatic heterocycles. The standard InChI is InChI=1S/C17H28N2/c1-3-5-15-7-9-17(10-8-15)14(2)19-11-4-6-16(12-18)13-19/h7-10,14,16H,3-6,11-13,18H2,1-2H3. The van der Waals surface area contributed by atoms with E-state index in [1.165, 1.54) is 43.4 Å². The molecule has 1 aromatic carbocycles. The van der Waals surface area contributed by atoms with Crippen LogP contribution in [0.1, 0.15) is 50.3 Å². The summed E-state index contributed by atoms with van der Waals surface area (Å²) in [5.74, 6) is 0.690. The van der Waals surface area contributed by atoms with E-state index in [0.29, 0.717) is 12.0 Å². The lowest BCUT2D eigenvalue weighted by Crippen LogP contribution is -2.39. The molecule has 0 amide bonds. The minimum absolute atomic E-state index is 0.519. The smallest absolute Gasteiger partial charge is 0.0320 e. The molecule has 0 spiro atoms. The highest BCUT2D eigenvalue weighted by Gasteiger charge is 2.23. The van der Waals surface area contributed by atoms with E-state index in [2.05, 4.69) is 43.0 Å². The molecule has 2 rings (SSSR count). The van der Waals surface area contributed by atoms with Crippen LogP contribution in [0.4, 0.5) is 0 Å². The Labute approximate surface area is 118 Å². The Morgan fingerprint density at radius 2 is 2.05 bits per heavy atom. The summed E-state index contributed by atoms with van der Waals surface area (Å²) in [6.07, 6.45) is 5.00. The van der Waals surface area contributed by atoms with Crippen molar-refractivity contribution in [3.63, 3.8) is 0 Å². The van der Waals surface area contributed by atoms with E-state index in [9.17, 15) is 0 Å². The van der Waals surface area contributed by atoms with E-state index in [1.807, 2.05) is 0 Å². The number of benzene rings is 1. The molecule has 2 unspecified atom stereocenters. The van der Waals surface area contributed by atoms with Gasteiger partial charge in [0.25, 0.3) is 0 Å². The SMILES string of the molecule is CCCc1ccc(C(C)N2CCCC(CN)C2)cc1. The number of aryl methyl sites for hydroxylation is 1. The highest BCUT2D eigenvalue weighted by Crippen LogP contribution is 2.26. The third kappa shape index (κ3) is 3.80. The van der Waals surface area contributed by atoms with E-state index in [0.717, 1.165) is 13.1 Å². The topological polar surface area (TPSA) is 29.3 Å². The molecule has 1 saturated heterocycles. The van der Waals surface area contributed by atoms with E-state index in [-0.39, 0.29) is 0 Å². The number of hydrogen-bond donors (Lipinski definition) is 1. The molecule has 2 N–H and O–H groups in total. The van der Waals surface area contributed by atoms with Crippen molar-refractivity contribution in [2.24, 2.45) is 11.7 Å². The van der Waals surface area contributed by atoms with Gasteiger partial charge in [-0.1, -0.05) is 37.6 Å². The van der Waals surface area contributed by atoms with E-state index >= 15 is 0 Å². The molecule has 1 fully saturated rings. The van der Waals surface area contributed by atoms with Crippen LogP contribution in [-0.2, 0) is 6.42 Å². The number of hydrogen-bond acceptors (Lipinski definition) is 2. The predicted molar refractivity (Wildman–Crippen MR) is 82.2 cm³/mol. The fourth-order valence-electron chi connectivity index (χ4n) is 3.10. The normalized spacial score (nSPS) is 22.4. The van der Waals surface area contributed by atoms with Gasteiger partial charge >= 0.3 is 0 Å². The lowest BCUT2D eigenvalue weighted by molar-refractivity contribution is 0.134. The first-order valence-electron chi connectivity index (χ1n) is 7.77. The van der Waals surface area contributed by atoms with Gasteiger partial charge < -0.3 is 5.73 Å². The van der Waals surface area contributed by atoms with Crippen LogP contribution in [0.2, 0.25) is 0 Å². The molecular formula is C17H28N2. The van der Waals surface area contributed by atoms with Crippen LogP contribution in [-0.4, -0.2) is 24.5 Å². The van der Waals surface area contributed by atoms with Crippen LogP contribution in [0.25, 0.3) is 0 Å². The van der Waals surface area contributed by atoms with Gasteiger partial charge in [0.1, 0.15) is 0 Å². The molecule has 0 aromatic heterocycles. The third-order valence-electron chi connectivity index (χ3n) is 4.43. The Kier molecular flexibility index (Phi) is 5.41. The molecular weight excluding hydrogens is 232 g/mol. The quantitative estimate of drug-likeness (QED) is 0.879. The van der Waals surface area contributed by atoms with E-state index in [4.69, 9.17) is 5.73 Å². The summed E-state index contributed by atoms with van der Waals surface area (Å²) in [6, 6.07) is 9.72. The first-order valence-corrected chi connectivity index (χ1v) is 7.77. The van der Waals surface area contributed by atoms with Gasteiger partial charge in [-0.15, -0.1) is 0 Å². The lowest BCUT2D eigenvalue weighted by atomic mass is 9.95. The summed E-state index contributed by atoms with van der Waals surface area (Å²) in [7, 11) is 0. The van der Waals surface area contributed by atoms with Crippen molar-refractivity contribution >= 4 is 0 Å². The van der Waals surface area contributed by atoms with E-state index in [1.54, 1.807) is 0 Å². The van der Waals surface area contributed by atoms with Gasteiger partial charge in [-0.05, 0) is 56.3 Å². The third-order valence-corrected chi connectivity index (χ3v) is 4.43. The van der Waals surface area contributed by atoms with Crippen LogP contribution in [0, 0.1) is 5.92 Å². The maximum absolute atomic E-state index is 5.83. The molecule has 2 heteroatoms. The summed E-state index contributed by atoms with van der Waals surface area (Å²) in [4.78, 5) is 2.59. The highest BCUT2D eigenvalue weighted by atomic mass is 15.2. The zero-order chi connectivity index (χ0) is 13.7. The second kappa shape index (κ2) is 7.06. The minimum Gasteiger partial charge on any atom is -0.330 e. The summed E-state index contributed by atoms with van der Waals surface area (Å²) in [5.41, 5.74) is 8.73. The maximum atomic E-state index is 5.83. The van der Waals surface area contributed by atoms with Crippen LogP contribution >= 0.6 is 0 Å². The zero-order valence-corrected chi connectivity index (χ0v) is 12.4. The maximum Gasteiger partial charge on any atom is 0.0320 e. The van der Waals surface area contributed by atoms with Crippen LogP contribution in [0.3, 0.4) is 0 Å². The van der Waals surface area contributed by atoms with Gasteiger partial charge in [0.05, 0.1) is 0 Å². The van der Waals surface area contributed by atoms with Crippen molar-refractivity contribution in [1.29, 1.82) is 0 Å². The van der Waals surface area contributed by atoms with Gasteiger partial charge in [-0.25, -0.2) is 0 Å². The summed E-state index contributed by atoms with van der Waals surface area (Å²) in [6.45, 7) is 7.77. The van der Waals surface area contributed by atoms with Crippen LogP contribution in [0.15, 0.2) is 24.3 Å². The average Bonchev–Trinajstić information content (AvgIpc) is 2.48. The molecule has 1 heterocycles. The number of nitrogens with two attached hydrogens (primary N) is 1. The van der Waals surface area contributed by atoms with Crippen molar-refractivity contribution in [2.45, 2.75) is 45.6 Å². The van der Waals surface area contributed by atoms with Gasteiger partial charge in [0.15, 0.2) is 0 Å². The largest absolute Gasteiger partial charge is 0.330 e. The summed E-state index contributed by atoms with van der Waals surface area (Å²) >= 11 is 0. The van der Waals surface area contributed by atoms with Crippen molar-refractivity contribution in [2.75, 3.05) is 19.6 Å². The molecule has 1 aliphatic rings. The monoisotopic (exact) mass is 260 g/mol. The second-order valence-electron chi connectivity index (χ2n) is 5.91. The van der Waals surface area contributed by atoms with Crippen molar-refractivity contribution < 1.29 is 0 Å². The number of nitrogens with zero attached hydrogens (tertiary/aromatic N) is 1. The molecule has 2 atom stereocenters. The molecule has 0 radical (unpaired) electrons. The number of likely N-dealkylation sites (tertiary alicyclic amines) is 1. The number of rotatable bonds is 5. The molecule has 0 bridgehead atoms. The Balaban J connectivity index is 1.99. The molecule has 0 aliphatic carbocycles. The Hall–Kier alpha value is -0.860. The van der Waals surface area contributed by atoms with Crippen molar-refractivity contribution in [3.05, 3.63) is 35.4 Å². The Morgan fingerprint density at radius 3 is 2.68 bits per heavy atom. The second-order valence-corrected chi connectivity index (χ2v) is 5.91. The molecule has 0 saturated carbocycles. The lowest BCUT2D eigenvalue weighted by Gasteiger charge is -2.36. The molecule has 2 nitrogen and oxygen atoms in total. The summed E-state index contributed by atoms with van der Waals surface area (Å²) < 4.78 is 0. The predicted octanol–water partition coefficient (Wildman–Crippen LogP) is 3.37. The Morgan fingerprint density at radius 1 is 1.32 bits per heavy atom. The molecule has 19 heavy (non-hydrogen) atoms. The fraction of sp³-hybridized carbons (Fsp3) is 0.647. The number of piperidine rings is 1. The first-order chi connectivity index (χ1) is 9.24. The average molecular weight is 260 g/mol. The van der Waals surface area contributed by atoms with Crippen LogP contribution in [0.5, 0.6) is 0 Å². The van der Waals surface area contributed by atoms with Crippen molar-refractivity contribution in [1.82, 2.24) is 4.90 Å².